The molecule has 4 aliphatic rings. The van der Waals surface area contributed by atoms with E-state index in [1.54, 1.807) is 0 Å². The van der Waals surface area contributed by atoms with Gasteiger partial charge in [0, 0.05) is 30.5 Å². The van der Waals surface area contributed by atoms with E-state index in [1.165, 1.54) is 0 Å². The molecule has 178 valence electrons. The number of carbonyl (C=O) groups is 2. The number of ether oxygens (including phenoxy) is 2. The standard InChI is InChI=1S/C27H31N3O4/c1-27(2)19-13-17-14-29(12-11-22(17)33-26(19)18-7-3-6-10-23(18)34-27)25(32)16-30-15-24(31)28-20-8-4-5-9-21(20)30/h3-10,17,19,22,26H,11-16H2,1-2H3,(H,28,31)/t17-,19-,22-,26+/m0/s1. The number of rotatable bonds is 2. The Bertz CT molecular complexity index is 1130. The summed E-state index contributed by atoms with van der Waals surface area (Å²) >= 11 is 0. The number of piperidine rings is 1. The second-order valence-electron chi connectivity index (χ2n) is 10.5. The Labute approximate surface area is 200 Å². The molecule has 0 bridgehead atoms. The summed E-state index contributed by atoms with van der Waals surface area (Å²) in [4.78, 5) is 29.3. The average Bonchev–Trinajstić information content (AvgIpc) is 2.82. The third kappa shape index (κ3) is 3.63. The first kappa shape index (κ1) is 21.5. The molecule has 0 radical (unpaired) electrons. The van der Waals surface area contributed by atoms with Crippen LogP contribution in [0.1, 0.15) is 38.4 Å². The number of anilines is 2. The van der Waals surface area contributed by atoms with Crippen molar-refractivity contribution in [3.8, 4) is 5.75 Å². The first-order valence-electron chi connectivity index (χ1n) is 12.2. The molecule has 2 saturated heterocycles. The van der Waals surface area contributed by atoms with Crippen molar-refractivity contribution in [3.05, 3.63) is 54.1 Å². The zero-order valence-corrected chi connectivity index (χ0v) is 19.7. The summed E-state index contributed by atoms with van der Waals surface area (Å²) in [5.41, 5.74) is 2.47. The Morgan fingerprint density at radius 1 is 1.15 bits per heavy atom. The van der Waals surface area contributed by atoms with Crippen molar-refractivity contribution in [2.75, 3.05) is 36.4 Å². The molecular formula is C27H31N3O4. The highest BCUT2D eigenvalue weighted by Gasteiger charge is 2.51. The van der Waals surface area contributed by atoms with Gasteiger partial charge in [-0.15, -0.1) is 0 Å². The number of benzene rings is 2. The highest BCUT2D eigenvalue weighted by molar-refractivity contribution is 6.02. The number of hydrogen-bond donors (Lipinski definition) is 1. The van der Waals surface area contributed by atoms with Gasteiger partial charge in [-0.1, -0.05) is 30.3 Å². The van der Waals surface area contributed by atoms with Gasteiger partial charge in [-0.25, -0.2) is 0 Å². The molecule has 0 spiro atoms. The molecule has 7 nitrogen and oxygen atoms in total. The van der Waals surface area contributed by atoms with Gasteiger partial charge in [0.1, 0.15) is 11.4 Å². The summed E-state index contributed by atoms with van der Waals surface area (Å²) in [6.45, 7) is 6.06. The fourth-order valence-electron chi connectivity index (χ4n) is 6.19. The fourth-order valence-corrected chi connectivity index (χ4v) is 6.19. The van der Waals surface area contributed by atoms with E-state index in [1.807, 2.05) is 52.3 Å². The van der Waals surface area contributed by atoms with Crippen molar-refractivity contribution >= 4 is 23.2 Å². The van der Waals surface area contributed by atoms with Crippen LogP contribution in [0.2, 0.25) is 0 Å². The van der Waals surface area contributed by atoms with Crippen LogP contribution in [0.5, 0.6) is 5.75 Å². The second-order valence-corrected chi connectivity index (χ2v) is 10.5. The Balaban J connectivity index is 1.17. The van der Waals surface area contributed by atoms with E-state index in [-0.39, 0.29) is 54.5 Å². The number of fused-ring (bicyclic) bond motifs is 5. The molecule has 4 aliphatic heterocycles. The van der Waals surface area contributed by atoms with Gasteiger partial charge in [-0.05, 0) is 44.9 Å². The number of nitrogens with one attached hydrogen (secondary N) is 1. The Morgan fingerprint density at radius 3 is 2.82 bits per heavy atom. The molecule has 0 aromatic heterocycles. The molecule has 2 fully saturated rings. The lowest BCUT2D eigenvalue weighted by Crippen LogP contribution is -2.57. The molecule has 0 saturated carbocycles. The quantitative estimate of drug-likeness (QED) is 0.740. The van der Waals surface area contributed by atoms with Gasteiger partial charge in [-0.3, -0.25) is 9.59 Å². The number of likely N-dealkylation sites (tertiary alicyclic amines) is 1. The molecule has 6 rings (SSSR count). The maximum absolute atomic E-state index is 13.3. The minimum atomic E-state index is -0.332. The third-order valence-electron chi connectivity index (χ3n) is 7.93. The first-order chi connectivity index (χ1) is 16.4. The van der Waals surface area contributed by atoms with Gasteiger partial charge in [0.2, 0.25) is 11.8 Å². The molecule has 2 amide bonds. The molecular weight excluding hydrogens is 430 g/mol. The maximum Gasteiger partial charge on any atom is 0.243 e. The summed E-state index contributed by atoms with van der Waals surface area (Å²) in [6, 6.07) is 15.9. The Morgan fingerprint density at radius 2 is 1.94 bits per heavy atom. The van der Waals surface area contributed by atoms with Crippen LogP contribution in [0.3, 0.4) is 0 Å². The minimum absolute atomic E-state index is 0.0341. The monoisotopic (exact) mass is 461 g/mol. The maximum atomic E-state index is 13.3. The zero-order chi connectivity index (χ0) is 23.4. The molecule has 1 N–H and O–H groups in total. The highest BCUT2D eigenvalue weighted by atomic mass is 16.5. The topological polar surface area (TPSA) is 71.1 Å². The van der Waals surface area contributed by atoms with Gasteiger partial charge in [0.25, 0.3) is 0 Å². The molecule has 4 atom stereocenters. The molecule has 7 heteroatoms. The van der Waals surface area contributed by atoms with Crippen LogP contribution in [-0.2, 0) is 14.3 Å². The van der Waals surface area contributed by atoms with Crippen molar-refractivity contribution in [1.82, 2.24) is 4.90 Å². The van der Waals surface area contributed by atoms with Crippen LogP contribution in [0.15, 0.2) is 48.5 Å². The van der Waals surface area contributed by atoms with Crippen molar-refractivity contribution < 1.29 is 19.1 Å². The number of para-hydroxylation sites is 3. The summed E-state index contributed by atoms with van der Waals surface area (Å²) < 4.78 is 13.1. The summed E-state index contributed by atoms with van der Waals surface area (Å²) in [6.07, 6.45) is 1.98. The van der Waals surface area contributed by atoms with Crippen LogP contribution in [0, 0.1) is 11.8 Å². The smallest absolute Gasteiger partial charge is 0.243 e. The number of amides is 2. The summed E-state index contributed by atoms with van der Waals surface area (Å²) in [5.74, 6) is 1.41. The van der Waals surface area contributed by atoms with E-state index < -0.39 is 0 Å². The zero-order valence-electron chi connectivity index (χ0n) is 19.7. The van der Waals surface area contributed by atoms with E-state index in [0.29, 0.717) is 13.1 Å². The molecule has 4 heterocycles. The lowest BCUT2D eigenvalue weighted by molar-refractivity contribution is -0.188. The predicted octanol–water partition coefficient (Wildman–Crippen LogP) is 3.61. The molecule has 2 aromatic carbocycles. The van der Waals surface area contributed by atoms with Crippen LogP contribution in [0.25, 0.3) is 0 Å². The molecule has 0 aliphatic carbocycles. The fraction of sp³-hybridized carbons (Fsp3) is 0.481. The predicted molar refractivity (Wildman–Crippen MR) is 129 cm³/mol. The van der Waals surface area contributed by atoms with Crippen molar-refractivity contribution in [3.63, 3.8) is 0 Å². The van der Waals surface area contributed by atoms with E-state index in [4.69, 9.17) is 9.47 Å². The second kappa shape index (κ2) is 8.01. The van der Waals surface area contributed by atoms with Crippen LogP contribution in [0.4, 0.5) is 11.4 Å². The van der Waals surface area contributed by atoms with E-state index >= 15 is 0 Å². The van der Waals surface area contributed by atoms with Gasteiger partial charge in [0.15, 0.2) is 0 Å². The Kier molecular flexibility index (Phi) is 5.06. The lowest BCUT2D eigenvalue weighted by atomic mass is 9.70. The summed E-state index contributed by atoms with van der Waals surface area (Å²) in [5, 5.41) is 2.89. The van der Waals surface area contributed by atoms with Gasteiger partial charge >= 0.3 is 0 Å². The highest BCUT2D eigenvalue weighted by Crippen LogP contribution is 2.52. The minimum Gasteiger partial charge on any atom is -0.487 e. The van der Waals surface area contributed by atoms with Crippen molar-refractivity contribution in [1.29, 1.82) is 0 Å². The van der Waals surface area contributed by atoms with E-state index in [2.05, 4.69) is 25.2 Å². The molecule has 34 heavy (non-hydrogen) atoms. The number of hydrogen-bond acceptors (Lipinski definition) is 5. The number of nitrogens with zero attached hydrogens (tertiary/aromatic N) is 2. The van der Waals surface area contributed by atoms with Gasteiger partial charge in [-0.2, -0.15) is 0 Å². The van der Waals surface area contributed by atoms with Crippen molar-refractivity contribution in [2.24, 2.45) is 11.8 Å². The average molecular weight is 462 g/mol. The van der Waals surface area contributed by atoms with Crippen LogP contribution < -0.4 is 15.0 Å². The van der Waals surface area contributed by atoms with Crippen LogP contribution in [-0.4, -0.2) is 54.6 Å². The van der Waals surface area contributed by atoms with Crippen LogP contribution >= 0.6 is 0 Å². The lowest BCUT2D eigenvalue weighted by Gasteiger charge is -2.53. The normalized spacial score (nSPS) is 29.1. The first-order valence-corrected chi connectivity index (χ1v) is 12.2. The largest absolute Gasteiger partial charge is 0.487 e. The van der Waals surface area contributed by atoms with E-state index in [9.17, 15) is 9.59 Å². The van der Waals surface area contributed by atoms with Crippen molar-refractivity contribution in [2.45, 2.75) is 44.5 Å². The van der Waals surface area contributed by atoms with E-state index in [0.717, 1.165) is 35.5 Å². The number of carbonyl (C=O) groups excluding carboxylic acids is 2. The Hall–Kier alpha value is -3.06. The molecule has 2 aromatic rings. The summed E-state index contributed by atoms with van der Waals surface area (Å²) in [7, 11) is 0. The SMILES string of the molecule is CC1(C)Oc2ccccc2[C@H]2O[C@H]3CCN(C(=O)CN4CC(=O)Nc5ccccc54)C[C@@H]3C[C@@H]21. The molecule has 0 unspecified atom stereocenters. The third-order valence-corrected chi connectivity index (χ3v) is 7.93. The van der Waals surface area contributed by atoms with Gasteiger partial charge < -0.3 is 24.6 Å². The van der Waals surface area contributed by atoms with Gasteiger partial charge in [0.05, 0.1) is 36.7 Å².